The molecule has 1 aliphatic rings. The molecule has 0 amide bonds. The first kappa shape index (κ1) is 21.2. The Hall–Kier alpha value is -3.49. The molecule has 9 heteroatoms. The van der Waals surface area contributed by atoms with E-state index in [1.54, 1.807) is 20.3 Å². The number of rotatable bonds is 8. The minimum Gasteiger partial charge on any atom is -0.493 e. The van der Waals surface area contributed by atoms with Crippen LogP contribution in [0.25, 0.3) is 0 Å². The van der Waals surface area contributed by atoms with Crippen LogP contribution in [-0.2, 0) is 12.8 Å². The average Bonchev–Trinajstić information content (AvgIpc) is 2.77. The molecule has 160 valence electrons. The van der Waals surface area contributed by atoms with Gasteiger partial charge in [0.15, 0.2) is 23.0 Å². The van der Waals surface area contributed by atoms with Crippen LogP contribution >= 0.6 is 0 Å². The second-order valence-electron chi connectivity index (χ2n) is 6.53. The third kappa shape index (κ3) is 3.70. The standard InChI is InChI=1S/C21H24N2O7/c1-26-16-10-13(15(23(24)25)11-17(16)27-2)8-14-19-12(6-7-22-14)9-18(28-3)20(29-4)21(19)30-5/h9-11H,6-8H2,1-5H3. The van der Waals surface area contributed by atoms with Crippen molar-refractivity contribution in [2.75, 3.05) is 42.1 Å². The van der Waals surface area contributed by atoms with E-state index in [0.717, 1.165) is 11.1 Å². The van der Waals surface area contributed by atoms with Gasteiger partial charge in [0.05, 0.1) is 52.3 Å². The van der Waals surface area contributed by atoms with Gasteiger partial charge in [-0.05, 0) is 24.1 Å². The molecular weight excluding hydrogens is 392 g/mol. The van der Waals surface area contributed by atoms with E-state index in [1.807, 2.05) is 6.07 Å². The van der Waals surface area contributed by atoms with E-state index in [4.69, 9.17) is 23.7 Å². The minimum absolute atomic E-state index is 0.0677. The molecule has 0 aromatic heterocycles. The van der Waals surface area contributed by atoms with Crippen LogP contribution in [0.3, 0.4) is 0 Å². The van der Waals surface area contributed by atoms with Gasteiger partial charge in [0, 0.05) is 24.1 Å². The summed E-state index contributed by atoms with van der Waals surface area (Å²) in [7, 11) is 7.57. The summed E-state index contributed by atoms with van der Waals surface area (Å²) in [6, 6.07) is 4.87. The van der Waals surface area contributed by atoms with E-state index < -0.39 is 4.92 Å². The third-order valence-corrected chi connectivity index (χ3v) is 5.02. The first-order valence-corrected chi connectivity index (χ1v) is 9.23. The zero-order chi connectivity index (χ0) is 21.8. The van der Waals surface area contributed by atoms with Gasteiger partial charge in [-0.25, -0.2) is 0 Å². The van der Waals surface area contributed by atoms with Crippen LogP contribution in [0, 0.1) is 10.1 Å². The molecule has 0 saturated carbocycles. The van der Waals surface area contributed by atoms with Gasteiger partial charge in [0.2, 0.25) is 5.75 Å². The molecule has 2 aromatic rings. The second kappa shape index (κ2) is 8.89. The fraction of sp³-hybridized carbons (Fsp3) is 0.381. The highest BCUT2D eigenvalue weighted by Crippen LogP contribution is 2.44. The molecule has 0 spiro atoms. The third-order valence-electron chi connectivity index (χ3n) is 5.02. The van der Waals surface area contributed by atoms with Crippen molar-refractivity contribution in [1.29, 1.82) is 0 Å². The van der Waals surface area contributed by atoms with Gasteiger partial charge in [0.25, 0.3) is 5.69 Å². The van der Waals surface area contributed by atoms with Gasteiger partial charge in [0.1, 0.15) is 0 Å². The van der Waals surface area contributed by atoms with Gasteiger partial charge in [-0.3, -0.25) is 15.1 Å². The molecule has 0 atom stereocenters. The van der Waals surface area contributed by atoms with Crippen LogP contribution in [0.1, 0.15) is 16.7 Å². The lowest BCUT2D eigenvalue weighted by Crippen LogP contribution is -2.18. The molecule has 0 unspecified atom stereocenters. The van der Waals surface area contributed by atoms with E-state index in [-0.39, 0.29) is 12.1 Å². The van der Waals surface area contributed by atoms with E-state index in [1.165, 1.54) is 27.4 Å². The van der Waals surface area contributed by atoms with Crippen LogP contribution < -0.4 is 23.7 Å². The molecule has 2 aromatic carbocycles. The fourth-order valence-corrected chi connectivity index (χ4v) is 3.66. The molecule has 0 aliphatic carbocycles. The number of aliphatic imine (C=N–C) groups is 1. The average molecular weight is 416 g/mol. The summed E-state index contributed by atoms with van der Waals surface area (Å²) in [5, 5.41) is 11.7. The van der Waals surface area contributed by atoms with E-state index in [0.29, 0.717) is 53.0 Å². The van der Waals surface area contributed by atoms with Crippen molar-refractivity contribution in [1.82, 2.24) is 0 Å². The highest BCUT2D eigenvalue weighted by molar-refractivity contribution is 6.07. The Labute approximate surface area is 174 Å². The molecule has 9 nitrogen and oxygen atoms in total. The van der Waals surface area contributed by atoms with Crippen LogP contribution in [0.2, 0.25) is 0 Å². The molecule has 0 bridgehead atoms. The first-order chi connectivity index (χ1) is 14.5. The number of benzene rings is 2. The molecule has 1 heterocycles. The molecule has 1 aliphatic heterocycles. The smallest absolute Gasteiger partial charge is 0.276 e. The number of nitrogens with zero attached hydrogens (tertiary/aromatic N) is 2. The minimum atomic E-state index is -0.437. The van der Waals surface area contributed by atoms with Crippen molar-refractivity contribution in [3.8, 4) is 28.7 Å². The summed E-state index contributed by atoms with van der Waals surface area (Å²) in [4.78, 5) is 15.9. The lowest BCUT2D eigenvalue weighted by molar-refractivity contribution is -0.385. The summed E-state index contributed by atoms with van der Waals surface area (Å²) in [5.41, 5.74) is 2.82. The van der Waals surface area contributed by atoms with Crippen LogP contribution in [0.4, 0.5) is 5.69 Å². The lowest BCUT2D eigenvalue weighted by Gasteiger charge is -2.23. The number of nitro benzene ring substituents is 1. The maximum atomic E-state index is 11.7. The van der Waals surface area contributed by atoms with E-state index in [2.05, 4.69) is 4.99 Å². The van der Waals surface area contributed by atoms with Gasteiger partial charge in [-0.1, -0.05) is 0 Å². The normalized spacial score (nSPS) is 12.5. The highest BCUT2D eigenvalue weighted by Gasteiger charge is 2.28. The predicted molar refractivity (Wildman–Crippen MR) is 111 cm³/mol. The SMILES string of the molecule is COc1cc(CC2=NCCc3cc(OC)c(OC)c(OC)c32)c([N+](=O)[O-])cc1OC. The number of hydrogen-bond donors (Lipinski definition) is 0. The largest absolute Gasteiger partial charge is 0.493 e. The monoisotopic (exact) mass is 416 g/mol. The maximum Gasteiger partial charge on any atom is 0.276 e. The lowest BCUT2D eigenvalue weighted by atomic mass is 9.91. The number of nitro groups is 1. The Morgan fingerprint density at radius 3 is 2.10 bits per heavy atom. The van der Waals surface area contributed by atoms with Gasteiger partial charge >= 0.3 is 0 Å². The molecule has 30 heavy (non-hydrogen) atoms. The summed E-state index contributed by atoms with van der Waals surface area (Å²) in [5.74, 6) is 2.21. The van der Waals surface area contributed by atoms with Gasteiger partial charge in [-0.2, -0.15) is 0 Å². The predicted octanol–water partition coefficient (Wildman–Crippen LogP) is 3.23. The summed E-state index contributed by atoms with van der Waals surface area (Å²) < 4.78 is 27.1. The number of fused-ring (bicyclic) bond motifs is 1. The van der Waals surface area contributed by atoms with Crippen molar-refractivity contribution in [3.05, 3.63) is 45.0 Å². The molecule has 0 radical (unpaired) electrons. The number of hydrogen-bond acceptors (Lipinski definition) is 8. The summed E-state index contributed by atoms with van der Waals surface area (Å²) in [6.07, 6.45) is 0.916. The Morgan fingerprint density at radius 2 is 1.53 bits per heavy atom. The summed E-state index contributed by atoms with van der Waals surface area (Å²) in [6.45, 7) is 0.558. The number of ether oxygens (including phenoxy) is 5. The molecule has 0 fully saturated rings. The van der Waals surface area contributed by atoms with E-state index >= 15 is 0 Å². The maximum absolute atomic E-state index is 11.7. The van der Waals surface area contributed by atoms with Crippen LogP contribution in [0.5, 0.6) is 28.7 Å². The molecule has 3 rings (SSSR count). The summed E-state index contributed by atoms with van der Waals surface area (Å²) >= 11 is 0. The fourth-order valence-electron chi connectivity index (χ4n) is 3.66. The van der Waals surface area contributed by atoms with Crippen LogP contribution in [-0.4, -0.2) is 52.7 Å². The quantitative estimate of drug-likeness (QED) is 0.481. The Kier molecular flexibility index (Phi) is 6.29. The molecular formula is C21H24N2O7. The van der Waals surface area contributed by atoms with E-state index in [9.17, 15) is 10.1 Å². The van der Waals surface area contributed by atoms with Gasteiger partial charge < -0.3 is 23.7 Å². The highest BCUT2D eigenvalue weighted by atomic mass is 16.6. The van der Waals surface area contributed by atoms with Crippen LogP contribution in [0.15, 0.2) is 23.2 Å². The zero-order valence-electron chi connectivity index (χ0n) is 17.6. The van der Waals surface area contributed by atoms with Crippen molar-refractivity contribution in [3.63, 3.8) is 0 Å². The molecule has 0 N–H and O–H groups in total. The zero-order valence-corrected chi connectivity index (χ0v) is 17.6. The Balaban J connectivity index is 2.15. The van der Waals surface area contributed by atoms with Crippen molar-refractivity contribution < 1.29 is 28.6 Å². The van der Waals surface area contributed by atoms with Crippen molar-refractivity contribution in [2.24, 2.45) is 4.99 Å². The number of methoxy groups -OCH3 is 5. The first-order valence-electron chi connectivity index (χ1n) is 9.23. The Morgan fingerprint density at radius 1 is 0.900 bits per heavy atom. The topological polar surface area (TPSA) is 102 Å². The van der Waals surface area contributed by atoms with Crippen molar-refractivity contribution in [2.45, 2.75) is 12.8 Å². The molecule has 0 saturated heterocycles. The van der Waals surface area contributed by atoms with Gasteiger partial charge in [-0.15, -0.1) is 0 Å². The Bertz CT molecular complexity index is 1000. The van der Waals surface area contributed by atoms with Crippen molar-refractivity contribution >= 4 is 11.4 Å². The second-order valence-corrected chi connectivity index (χ2v) is 6.53.